The molecule has 4 unspecified atom stereocenters. The highest BCUT2D eigenvalue weighted by Gasteiger charge is 2.39. The molecule has 0 bridgehead atoms. The van der Waals surface area contributed by atoms with E-state index in [1.807, 2.05) is 31.9 Å². The summed E-state index contributed by atoms with van der Waals surface area (Å²) in [7, 11) is 0. The molecule has 2 aliphatic heterocycles. The Labute approximate surface area is 270 Å². The number of hydrogen-bond acceptors (Lipinski definition) is 5. The summed E-state index contributed by atoms with van der Waals surface area (Å²) in [4.78, 5) is 32.1. The Morgan fingerprint density at radius 2 is 1.72 bits per heavy atom. The number of carbonyl (C=O) groups is 1. The lowest BCUT2D eigenvalue weighted by Crippen LogP contribution is -2.40. The largest absolute Gasteiger partial charge is 0.444 e. The van der Waals surface area contributed by atoms with Gasteiger partial charge in [-0.1, -0.05) is 30.3 Å². The number of rotatable bonds is 4. The molecule has 4 heterocycles. The monoisotopic (exact) mass is 616 g/mol. The van der Waals surface area contributed by atoms with Crippen molar-refractivity contribution in [3.63, 3.8) is 0 Å². The number of nitrogens with zero attached hydrogens (tertiary/aromatic N) is 3. The third-order valence-electron chi connectivity index (χ3n) is 10.3. The molecule has 238 valence electrons. The molecule has 3 N–H and O–H groups in total. The van der Waals surface area contributed by atoms with E-state index in [-0.39, 0.29) is 18.2 Å². The van der Waals surface area contributed by atoms with Crippen LogP contribution >= 0.6 is 0 Å². The van der Waals surface area contributed by atoms with Gasteiger partial charge >= 0.3 is 6.09 Å². The van der Waals surface area contributed by atoms with Crippen LogP contribution in [0.2, 0.25) is 0 Å². The van der Waals surface area contributed by atoms with Gasteiger partial charge < -0.3 is 20.0 Å². The first-order valence-corrected chi connectivity index (χ1v) is 17.0. The molecule has 8 nitrogen and oxygen atoms in total. The number of carbonyl (C=O) groups excluding carboxylic acids is 1. The second-order valence-corrected chi connectivity index (χ2v) is 14.7. The lowest BCUT2D eigenvalue weighted by Gasteiger charge is -2.30. The van der Waals surface area contributed by atoms with Gasteiger partial charge in [-0.05, 0) is 119 Å². The molecular formula is C38H44N6O2. The molecule has 1 aliphatic carbocycles. The molecule has 0 saturated carbocycles. The Bertz CT molecular complexity index is 1970. The first kappa shape index (κ1) is 29.2. The average Bonchev–Trinajstić information content (AvgIpc) is 3.84. The van der Waals surface area contributed by atoms with E-state index < -0.39 is 5.60 Å². The molecule has 5 aromatic rings. The van der Waals surface area contributed by atoms with Crippen molar-refractivity contribution in [3.8, 4) is 22.4 Å². The maximum atomic E-state index is 13.2. The predicted octanol–water partition coefficient (Wildman–Crippen LogP) is 8.54. The van der Waals surface area contributed by atoms with Crippen LogP contribution in [0.15, 0.2) is 48.7 Å². The van der Waals surface area contributed by atoms with E-state index >= 15 is 0 Å². The van der Waals surface area contributed by atoms with Gasteiger partial charge in [0, 0.05) is 23.0 Å². The summed E-state index contributed by atoms with van der Waals surface area (Å²) in [6, 6.07) is 16.5. The van der Waals surface area contributed by atoms with Gasteiger partial charge in [0.15, 0.2) is 0 Å². The maximum Gasteiger partial charge on any atom is 0.411 e. The molecule has 3 aromatic carbocycles. The van der Waals surface area contributed by atoms with Crippen molar-refractivity contribution in [2.24, 2.45) is 0 Å². The fourth-order valence-corrected chi connectivity index (χ4v) is 8.04. The standard InChI is InChI=1S/C38H44N6O2/c1-21-9-16-31(40-21)35-39-20-32(42-35)29-15-14-25(27-7-6-8-28(27)29)23-11-13-26-24(19-23)12-17-30-34(26)43-36(41-30)33-18-10-22(2)44(33)37(45)46-38(3,4)5/h11-15,17,19-22,31,33,40H,6-10,16,18H2,1-5H3,(H,39,42)(H,41,43). The lowest BCUT2D eigenvalue weighted by atomic mass is 9.91. The predicted molar refractivity (Wildman–Crippen MR) is 183 cm³/mol. The Morgan fingerprint density at radius 1 is 0.913 bits per heavy atom. The molecule has 4 atom stereocenters. The van der Waals surface area contributed by atoms with Crippen molar-refractivity contribution >= 4 is 27.9 Å². The molecule has 8 heteroatoms. The van der Waals surface area contributed by atoms with Crippen molar-refractivity contribution < 1.29 is 9.53 Å². The third-order valence-corrected chi connectivity index (χ3v) is 10.3. The van der Waals surface area contributed by atoms with Crippen molar-refractivity contribution in [3.05, 3.63) is 71.4 Å². The zero-order valence-electron chi connectivity index (χ0n) is 27.5. The van der Waals surface area contributed by atoms with Crippen molar-refractivity contribution in [2.45, 2.75) is 109 Å². The number of imidazole rings is 2. The topological polar surface area (TPSA) is 98.9 Å². The van der Waals surface area contributed by atoms with Crippen LogP contribution in [0.4, 0.5) is 4.79 Å². The Hall–Kier alpha value is -4.17. The highest BCUT2D eigenvalue weighted by molar-refractivity contribution is 6.05. The molecule has 2 aromatic heterocycles. The number of aromatic nitrogens is 4. The van der Waals surface area contributed by atoms with Crippen molar-refractivity contribution in [1.29, 1.82) is 0 Å². The highest BCUT2D eigenvalue weighted by atomic mass is 16.6. The van der Waals surface area contributed by atoms with Crippen LogP contribution in [0.25, 0.3) is 44.2 Å². The van der Waals surface area contributed by atoms with Crippen LogP contribution in [-0.2, 0) is 17.6 Å². The summed E-state index contributed by atoms with van der Waals surface area (Å²) in [6.45, 7) is 10.1. The van der Waals surface area contributed by atoms with E-state index in [1.54, 1.807) is 0 Å². The number of nitrogens with one attached hydrogen (secondary N) is 3. The van der Waals surface area contributed by atoms with Gasteiger partial charge in [-0.3, -0.25) is 4.90 Å². The van der Waals surface area contributed by atoms with Gasteiger partial charge in [0.05, 0.1) is 35.0 Å². The van der Waals surface area contributed by atoms with Crippen LogP contribution in [0, 0.1) is 0 Å². The van der Waals surface area contributed by atoms with E-state index in [0.29, 0.717) is 12.1 Å². The maximum absolute atomic E-state index is 13.2. The van der Waals surface area contributed by atoms with E-state index in [2.05, 4.69) is 71.6 Å². The summed E-state index contributed by atoms with van der Waals surface area (Å²) in [5.74, 6) is 1.88. The van der Waals surface area contributed by atoms with E-state index in [9.17, 15) is 4.79 Å². The molecule has 0 radical (unpaired) electrons. The first-order valence-electron chi connectivity index (χ1n) is 17.0. The number of hydrogen-bond donors (Lipinski definition) is 3. The van der Waals surface area contributed by atoms with Crippen LogP contribution < -0.4 is 5.32 Å². The van der Waals surface area contributed by atoms with E-state index in [1.165, 1.54) is 46.0 Å². The van der Waals surface area contributed by atoms with Crippen molar-refractivity contribution in [2.75, 3.05) is 0 Å². The zero-order chi connectivity index (χ0) is 31.7. The molecule has 2 saturated heterocycles. The van der Waals surface area contributed by atoms with E-state index in [4.69, 9.17) is 14.7 Å². The number of ether oxygens (including phenoxy) is 1. The van der Waals surface area contributed by atoms with Gasteiger partial charge in [-0.25, -0.2) is 14.8 Å². The van der Waals surface area contributed by atoms with Gasteiger partial charge in [-0.15, -0.1) is 0 Å². The lowest BCUT2D eigenvalue weighted by molar-refractivity contribution is 0.0152. The second-order valence-electron chi connectivity index (χ2n) is 14.7. The fourth-order valence-electron chi connectivity index (χ4n) is 8.04. The third kappa shape index (κ3) is 5.07. The van der Waals surface area contributed by atoms with Gasteiger partial charge in [0.1, 0.15) is 17.2 Å². The molecule has 8 rings (SSSR count). The Morgan fingerprint density at radius 3 is 2.50 bits per heavy atom. The number of likely N-dealkylation sites (tertiary alicyclic amines) is 1. The minimum Gasteiger partial charge on any atom is -0.444 e. The highest BCUT2D eigenvalue weighted by Crippen LogP contribution is 2.41. The number of aromatic amines is 2. The van der Waals surface area contributed by atoms with Crippen LogP contribution in [-0.4, -0.2) is 48.6 Å². The van der Waals surface area contributed by atoms with Crippen LogP contribution in [0.3, 0.4) is 0 Å². The van der Waals surface area contributed by atoms with Crippen molar-refractivity contribution in [1.82, 2.24) is 30.2 Å². The Kier molecular flexibility index (Phi) is 6.98. The summed E-state index contributed by atoms with van der Waals surface area (Å²) in [5, 5.41) is 5.94. The normalized spacial score (nSPS) is 23.1. The number of fused-ring (bicyclic) bond motifs is 4. The zero-order valence-corrected chi connectivity index (χ0v) is 27.5. The second kappa shape index (κ2) is 11.0. The quantitative estimate of drug-likeness (QED) is 0.188. The number of amides is 1. The minimum absolute atomic E-state index is 0.101. The minimum atomic E-state index is -0.541. The fraction of sp³-hybridized carbons (Fsp3) is 0.447. The summed E-state index contributed by atoms with van der Waals surface area (Å²) in [6.07, 6.45) is 9.21. The molecule has 1 amide bonds. The smallest absolute Gasteiger partial charge is 0.411 e. The van der Waals surface area contributed by atoms with Crippen LogP contribution in [0.5, 0.6) is 0 Å². The van der Waals surface area contributed by atoms with Crippen LogP contribution in [0.1, 0.15) is 102 Å². The molecule has 3 aliphatic rings. The summed E-state index contributed by atoms with van der Waals surface area (Å²) < 4.78 is 5.77. The van der Waals surface area contributed by atoms with Gasteiger partial charge in [0.2, 0.25) is 0 Å². The molecular weight excluding hydrogens is 572 g/mol. The molecule has 46 heavy (non-hydrogen) atoms. The summed E-state index contributed by atoms with van der Waals surface area (Å²) >= 11 is 0. The number of H-pyrrole nitrogens is 2. The first-order chi connectivity index (χ1) is 22.1. The number of benzene rings is 3. The molecule has 0 spiro atoms. The summed E-state index contributed by atoms with van der Waals surface area (Å²) in [5.41, 5.74) is 9.28. The van der Waals surface area contributed by atoms with Gasteiger partial charge in [0.25, 0.3) is 0 Å². The van der Waals surface area contributed by atoms with E-state index in [0.717, 1.165) is 65.9 Å². The van der Waals surface area contributed by atoms with Gasteiger partial charge in [-0.2, -0.15) is 0 Å². The molecule has 2 fully saturated rings. The Balaban J connectivity index is 1.11. The SMILES string of the molecule is CC1CCC(c2ncc(-c3ccc(-c4ccc5c(ccc6[nH]c(C7CCC(C)N7C(=O)OC(C)(C)C)nc65)c4)c4c3CCC4)[nH]2)N1. The average molecular weight is 617 g/mol.